The summed E-state index contributed by atoms with van der Waals surface area (Å²) >= 11 is 0. The first-order valence-electron chi connectivity index (χ1n) is 8.49. The molecule has 1 aliphatic heterocycles. The van der Waals surface area contributed by atoms with Crippen molar-refractivity contribution in [2.45, 2.75) is 32.2 Å². The zero-order valence-corrected chi connectivity index (χ0v) is 13.5. The predicted molar refractivity (Wildman–Crippen MR) is 93.7 cm³/mol. The van der Waals surface area contributed by atoms with E-state index in [0.717, 1.165) is 41.8 Å². The van der Waals surface area contributed by atoms with E-state index < -0.39 is 0 Å². The summed E-state index contributed by atoms with van der Waals surface area (Å²) in [6.07, 6.45) is 3.23. The molecule has 0 aromatic heterocycles. The van der Waals surface area contributed by atoms with Crippen LogP contribution in [0.3, 0.4) is 0 Å². The maximum absolute atomic E-state index is 12.4. The molecule has 1 fully saturated rings. The third-order valence-electron chi connectivity index (χ3n) is 4.68. The summed E-state index contributed by atoms with van der Waals surface area (Å²) < 4.78 is 0. The lowest BCUT2D eigenvalue weighted by Gasteiger charge is -2.30. The molecule has 122 valence electrons. The van der Waals surface area contributed by atoms with Crippen LogP contribution in [0, 0.1) is 5.92 Å². The molecule has 0 atom stereocenters. The topological polar surface area (TPSA) is 49.4 Å². The van der Waals surface area contributed by atoms with E-state index in [2.05, 4.69) is 5.32 Å². The van der Waals surface area contributed by atoms with Gasteiger partial charge in [0.1, 0.15) is 0 Å². The van der Waals surface area contributed by atoms with E-state index in [4.69, 9.17) is 0 Å². The SMILES string of the molecule is O=C(Nc1ccc2c(c1)CCC(=O)N2Cc1ccccc1)C1CC1. The van der Waals surface area contributed by atoms with Gasteiger partial charge < -0.3 is 10.2 Å². The molecule has 0 spiro atoms. The highest BCUT2D eigenvalue weighted by Crippen LogP contribution is 2.33. The largest absolute Gasteiger partial charge is 0.326 e. The second-order valence-corrected chi connectivity index (χ2v) is 6.57. The van der Waals surface area contributed by atoms with Gasteiger partial charge in [0, 0.05) is 23.7 Å². The van der Waals surface area contributed by atoms with Crippen molar-refractivity contribution >= 4 is 23.2 Å². The molecule has 2 aromatic rings. The van der Waals surface area contributed by atoms with Gasteiger partial charge in [0.2, 0.25) is 11.8 Å². The van der Waals surface area contributed by atoms with Gasteiger partial charge in [0.25, 0.3) is 0 Å². The Labute approximate surface area is 141 Å². The smallest absolute Gasteiger partial charge is 0.227 e. The Kier molecular flexibility index (Phi) is 3.81. The van der Waals surface area contributed by atoms with Crippen molar-refractivity contribution in [1.82, 2.24) is 0 Å². The number of amides is 2. The third-order valence-corrected chi connectivity index (χ3v) is 4.68. The van der Waals surface area contributed by atoms with Crippen LogP contribution in [0.4, 0.5) is 11.4 Å². The van der Waals surface area contributed by atoms with E-state index >= 15 is 0 Å². The van der Waals surface area contributed by atoms with Crippen LogP contribution in [0.2, 0.25) is 0 Å². The lowest BCUT2D eigenvalue weighted by Crippen LogP contribution is -2.34. The van der Waals surface area contributed by atoms with E-state index in [0.29, 0.717) is 13.0 Å². The molecule has 4 nitrogen and oxygen atoms in total. The monoisotopic (exact) mass is 320 g/mol. The van der Waals surface area contributed by atoms with Crippen LogP contribution in [-0.4, -0.2) is 11.8 Å². The fraction of sp³-hybridized carbons (Fsp3) is 0.300. The highest BCUT2D eigenvalue weighted by Gasteiger charge is 2.30. The molecular weight excluding hydrogens is 300 g/mol. The van der Waals surface area contributed by atoms with Crippen molar-refractivity contribution in [3.05, 3.63) is 59.7 Å². The molecular formula is C20H20N2O2. The molecule has 1 saturated carbocycles. The van der Waals surface area contributed by atoms with E-state index in [9.17, 15) is 9.59 Å². The number of anilines is 2. The normalized spacial score (nSPS) is 16.7. The third kappa shape index (κ3) is 3.04. The lowest BCUT2D eigenvalue weighted by molar-refractivity contribution is -0.119. The summed E-state index contributed by atoms with van der Waals surface area (Å²) in [6.45, 7) is 0.584. The van der Waals surface area contributed by atoms with Gasteiger partial charge in [0.05, 0.1) is 6.54 Å². The van der Waals surface area contributed by atoms with Crippen molar-refractivity contribution < 1.29 is 9.59 Å². The molecule has 0 saturated heterocycles. The maximum atomic E-state index is 12.4. The number of hydrogen-bond donors (Lipinski definition) is 1. The second-order valence-electron chi connectivity index (χ2n) is 6.57. The molecule has 1 heterocycles. The number of aryl methyl sites for hydroxylation is 1. The summed E-state index contributed by atoms with van der Waals surface area (Å²) in [5.74, 6) is 0.460. The van der Waals surface area contributed by atoms with Crippen LogP contribution >= 0.6 is 0 Å². The van der Waals surface area contributed by atoms with E-state index in [1.54, 1.807) is 0 Å². The van der Waals surface area contributed by atoms with Gasteiger partial charge >= 0.3 is 0 Å². The molecule has 24 heavy (non-hydrogen) atoms. The molecule has 4 heteroatoms. The number of fused-ring (bicyclic) bond motifs is 1. The summed E-state index contributed by atoms with van der Waals surface area (Å²) in [5, 5.41) is 2.99. The van der Waals surface area contributed by atoms with E-state index in [1.165, 1.54) is 0 Å². The van der Waals surface area contributed by atoms with Crippen LogP contribution in [0.15, 0.2) is 48.5 Å². The van der Waals surface area contributed by atoms with E-state index in [1.807, 2.05) is 53.4 Å². The van der Waals surface area contributed by atoms with Crippen LogP contribution in [-0.2, 0) is 22.6 Å². The van der Waals surface area contributed by atoms with Gasteiger partial charge in [-0.3, -0.25) is 9.59 Å². The summed E-state index contributed by atoms with van der Waals surface area (Å²) in [5.41, 5.74) is 4.03. The number of rotatable bonds is 4. The number of hydrogen-bond acceptors (Lipinski definition) is 2. The van der Waals surface area contributed by atoms with Crippen LogP contribution in [0.1, 0.15) is 30.4 Å². The maximum Gasteiger partial charge on any atom is 0.227 e. The highest BCUT2D eigenvalue weighted by molar-refractivity contribution is 5.98. The standard InChI is InChI=1S/C20H20N2O2/c23-19-11-8-16-12-17(21-20(24)15-6-7-15)9-10-18(16)22(19)13-14-4-2-1-3-5-14/h1-5,9-10,12,15H,6-8,11,13H2,(H,21,24). The molecule has 0 radical (unpaired) electrons. The van der Waals surface area contributed by atoms with Crippen LogP contribution in [0.5, 0.6) is 0 Å². The summed E-state index contributed by atoms with van der Waals surface area (Å²) in [4.78, 5) is 26.2. The predicted octanol–water partition coefficient (Wildman–Crippen LogP) is 3.51. The first kappa shape index (κ1) is 14.9. The minimum absolute atomic E-state index is 0.114. The van der Waals surface area contributed by atoms with Gasteiger partial charge in [-0.05, 0) is 48.6 Å². The van der Waals surface area contributed by atoms with Gasteiger partial charge in [-0.25, -0.2) is 0 Å². The zero-order valence-electron chi connectivity index (χ0n) is 13.5. The first-order valence-corrected chi connectivity index (χ1v) is 8.49. The zero-order chi connectivity index (χ0) is 16.5. The van der Waals surface area contributed by atoms with Crippen molar-refractivity contribution in [3.8, 4) is 0 Å². The minimum Gasteiger partial charge on any atom is -0.326 e. The quantitative estimate of drug-likeness (QED) is 0.937. The Morgan fingerprint density at radius 2 is 1.88 bits per heavy atom. The molecule has 4 rings (SSSR count). The lowest BCUT2D eigenvalue weighted by atomic mass is 9.99. The van der Waals surface area contributed by atoms with Gasteiger partial charge in [-0.2, -0.15) is 0 Å². The Balaban J connectivity index is 1.57. The fourth-order valence-corrected chi connectivity index (χ4v) is 3.17. The molecule has 2 aromatic carbocycles. The van der Waals surface area contributed by atoms with Crippen molar-refractivity contribution in [2.75, 3.05) is 10.2 Å². The molecule has 1 aliphatic carbocycles. The Morgan fingerprint density at radius 3 is 2.62 bits per heavy atom. The summed E-state index contributed by atoms with van der Waals surface area (Å²) in [6, 6.07) is 15.9. The Hall–Kier alpha value is -2.62. The Morgan fingerprint density at radius 1 is 1.08 bits per heavy atom. The van der Waals surface area contributed by atoms with Crippen LogP contribution in [0.25, 0.3) is 0 Å². The molecule has 0 bridgehead atoms. The number of benzene rings is 2. The Bertz CT molecular complexity index is 781. The average molecular weight is 320 g/mol. The number of nitrogens with zero attached hydrogens (tertiary/aromatic N) is 1. The second kappa shape index (κ2) is 6.11. The van der Waals surface area contributed by atoms with Gasteiger partial charge in [-0.15, -0.1) is 0 Å². The minimum atomic E-state index is 0.114. The number of carbonyl (C=O) groups is 2. The number of carbonyl (C=O) groups excluding carboxylic acids is 2. The van der Waals surface area contributed by atoms with E-state index in [-0.39, 0.29) is 17.7 Å². The molecule has 0 unspecified atom stereocenters. The van der Waals surface area contributed by atoms with Crippen molar-refractivity contribution in [1.29, 1.82) is 0 Å². The fourth-order valence-electron chi connectivity index (χ4n) is 3.17. The molecule has 2 amide bonds. The van der Waals surface area contributed by atoms with Crippen LogP contribution < -0.4 is 10.2 Å². The first-order chi connectivity index (χ1) is 11.7. The van der Waals surface area contributed by atoms with Crippen molar-refractivity contribution in [3.63, 3.8) is 0 Å². The molecule has 2 aliphatic rings. The molecule has 1 N–H and O–H groups in total. The van der Waals surface area contributed by atoms with Gasteiger partial charge in [-0.1, -0.05) is 30.3 Å². The number of nitrogens with one attached hydrogen (secondary N) is 1. The summed E-state index contributed by atoms with van der Waals surface area (Å²) in [7, 11) is 0. The van der Waals surface area contributed by atoms with Crippen molar-refractivity contribution in [2.24, 2.45) is 5.92 Å². The van der Waals surface area contributed by atoms with Gasteiger partial charge in [0.15, 0.2) is 0 Å². The average Bonchev–Trinajstić information content (AvgIpc) is 3.43. The highest BCUT2D eigenvalue weighted by atomic mass is 16.2.